The van der Waals surface area contributed by atoms with E-state index in [0.29, 0.717) is 44.3 Å². The zero-order chi connectivity index (χ0) is 27.9. The van der Waals surface area contributed by atoms with Gasteiger partial charge in [0, 0.05) is 24.4 Å². The highest BCUT2D eigenvalue weighted by Gasteiger charge is 2.78. The molecule has 3 heterocycles. The van der Waals surface area contributed by atoms with Crippen LogP contribution in [0.4, 0.5) is 5.69 Å². The third kappa shape index (κ3) is 5.09. The van der Waals surface area contributed by atoms with Crippen molar-refractivity contribution in [3.05, 3.63) is 30.3 Å². The smallest absolute Gasteiger partial charge is 0.246 e. The lowest BCUT2D eigenvalue weighted by Gasteiger charge is -2.38. The Bertz CT molecular complexity index is 1050. The number of aliphatic hydroxyl groups excluding tert-OH is 1. The fourth-order valence-corrected chi connectivity index (χ4v) is 7.56. The second-order valence-corrected chi connectivity index (χ2v) is 13.3. The Morgan fingerprint density at radius 2 is 1.76 bits per heavy atom. The van der Waals surface area contributed by atoms with Crippen LogP contribution in [0.3, 0.4) is 0 Å². The van der Waals surface area contributed by atoms with Gasteiger partial charge in [0.15, 0.2) is 0 Å². The van der Waals surface area contributed by atoms with E-state index >= 15 is 0 Å². The molecule has 3 N–H and O–H groups in total. The number of ether oxygens (including phenoxy) is 1. The van der Waals surface area contributed by atoms with Gasteiger partial charge < -0.3 is 25.4 Å². The number of nitrogens with zero attached hydrogens (tertiary/aromatic N) is 1. The fraction of sp³-hybridized carbons (Fsp3) is 0.700. The molecular weight excluding hydrogens is 482 g/mol. The number of benzene rings is 1. The number of unbranched alkanes of at least 4 members (excludes halogenated alkanes) is 1. The summed E-state index contributed by atoms with van der Waals surface area (Å²) in [6.07, 6.45) is 3.62. The fourth-order valence-electron chi connectivity index (χ4n) is 7.56. The van der Waals surface area contributed by atoms with Crippen molar-refractivity contribution < 1.29 is 24.2 Å². The highest BCUT2D eigenvalue weighted by atomic mass is 16.5. The molecule has 2 bridgehead atoms. The van der Waals surface area contributed by atoms with Gasteiger partial charge in [0.1, 0.15) is 11.6 Å². The molecule has 3 amide bonds. The van der Waals surface area contributed by atoms with Crippen LogP contribution < -0.4 is 10.6 Å². The molecule has 3 saturated heterocycles. The molecule has 210 valence electrons. The molecule has 0 aliphatic carbocycles. The van der Waals surface area contributed by atoms with Crippen molar-refractivity contribution in [3.8, 4) is 0 Å². The Labute approximate surface area is 226 Å². The van der Waals surface area contributed by atoms with Crippen LogP contribution in [-0.2, 0) is 19.1 Å². The minimum atomic E-state index is -1.05. The van der Waals surface area contributed by atoms with Crippen molar-refractivity contribution in [1.82, 2.24) is 10.2 Å². The molecule has 5 atom stereocenters. The van der Waals surface area contributed by atoms with Crippen molar-refractivity contribution >= 4 is 23.4 Å². The SMILES string of the molecule is CC[C@@]12CCC3(O1)C(C(=O)NC(C)(C)CC(C)(C)C)N(CCCCO)C(=O)[C@@H]3[C@@H]2C(=O)Nc1ccccc1. The van der Waals surface area contributed by atoms with Gasteiger partial charge in [-0.1, -0.05) is 45.9 Å². The zero-order valence-electron chi connectivity index (χ0n) is 23.8. The van der Waals surface area contributed by atoms with Gasteiger partial charge in [0.05, 0.1) is 17.4 Å². The number of amides is 3. The van der Waals surface area contributed by atoms with E-state index in [4.69, 9.17) is 4.74 Å². The molecule has 8 heteroatoms. The number of anilines is 1. The predicted octanol–water partition coefficient (Wildman–Crippen LogP) is 3.88. The van der Waals surface area contributed by atoms with Crippen LogP contribution in [0.2, 0.25) is 0 Å². The van der Waals surface area contributed by atoms with Crippen LogP contribution in [0, 0.1) is 17.3 Å². The summed E-state index contributed by atoms with van der Waals surface area (Å²) in [5.41, 5.74) is -1.65. The summed E-state index contributed by atoms with van der Waals surface area (Å²) in [5.74, 6) is -2.07. The Balaban J connectivity index is 1.70. The van der Waals surface area contributed by atoms with Crippen LogP contribution in [0.25, 0.3) is 0 Å². The lowest BCUT2D eigenvalue weighted by atomic mass is 9.65. The number of likely N-dealkylation sites (tertiary alicyclic amines) is 1. The van der Waals surface area contributed by atoms with Crippen molar-refractivity contribution in [2.24, 2.45) is 17.3 Å². The first-order chi connectivity index (χ1) is 17.8. The normalized spacial score (nSPS) is 30.4. The van der Waals surface area contributed by atoms with E-state index < -0.39 is 34.6 Å². The van der Waals surface area contributed by atoms with Crippen LogP contribution in [0.15, 0.2) is 30.3 Å². The molecule has 4 rings (SSSR count). The molecule has 0 aromatic heterocycles. The van der Waals surface area contributed by atoms with E-state index in [1.165, 1.54) is 0 Å². The van der Waals surface area contributed by atoms with Gasteiger partial charge in [0.25, 0.3) is 0 Å². The van der Waals surface area contributed by atoms with Crippen molar-refractivity contribution in [3.63, 3.8) is 0 Å². The maximum absolute atomic E-state index is 14.1. The minimum absolute atomic E-state index is 0.000880. The molecular formula is C30H45N3O5. The molecule has 2 unspecified atom stereocenters. The number of rotatable bonds is 10. The van der Waals surface area contributed by atoms with Gasteiger partial charge in [-0.2, -0.15) is 0 Å². The number of aliphatic hydroxyl groups is 1. The van der Waals surface area contributed by atoms with Crippen molar-refractivity contribution in [2.75, 3.05) is 18.5 Å². The van der Waals surface area contributed by atoms with Crippen molar-refractivity contribution in [1.29, 1.82) is 0 Å². The number of hydrogen-bond donors (Lipinski definition) is 3. The number of para-hydroxylation sites is 1. The first-order valence-electron chi connectivity index (χ1n) is 14.1. The molecule has 3 fully saturated rings. The van der Waals surface area contributed by atoms with Gasteiger partial charge in [-0.25, -0.2) is 0 Å². The molecule has 1 spiro atoms. The van der Waals surface area contributed by atoms with E-state index in [9.17, 15) is 19.5 Å². The maximum Gasteiger partial charge on any atom is 0.246 e. The summed E-state index contributed by atoms with van der Waals surface area (Å²) < 4.78 is 6.81. The highest BCUT2D eigenvalue weighted by Crippen LogP contribution is 2.64. The molecule has 0 saturated carbocycles. The zero-order valence-corrected chi connectivity index (χ0v) is 23.8. The average Bonchev–Trinajstić information content (AvgIpc) is 3.42. The van der Waals surface area contributed by atoms with E-state index in [-0.39, 0.29) is 29.7 Å². The standard InChI is InChI=1S/C30H45N3O5/c1-7-29-15-16-30(38-29)22(21(29)24(35)31-20-13-9-8-10-14-20)26(37)33(17-11-12-18-34)23(30)25(36)32-28(5,6)19-27(2,3)4/h8-10,13-14,21-23,34H,7,11-12,15-19H2,1-6H3,(H,31,35)(H,32,36)/t21-,22+,23?,29+,30?/m1/s1. The Morgan fingerprint density at radius 3 is 2.37 bits per heavy atom. The number of hydrogen-bond acceptors (Lipinski definition) is 5. The summed E-state index contributed by atoms with van der Waals surface area (Å²) >= 11 is 0. The van der Waals surface area contributed by atoms with Crippen LogP contribution in [0.1, 0.15) is 80.1 Å². The van der Waals surface area contributed by atoms with E-state index in [1.54, 1.807) is 4.90 Å². The largest absolute Gasteiger partial charge is 0.396 e. The summed E-state index contributed by atoms with van der Waals surface area (Å²) in [6, 6.07) is 8.42. The molecule has 1 aromatic carbocycles. The number of carbonyl (C=O) groups excluding carboxylic acids is 3. The van der Waals surface area contributed by atoms with E-state index in [2.05, 4.69) is 31.4 Å². The lowest BCUT2D eigenvalue weighted by molar-refractivity contribution is -0.147. The van der Waals surface area contributed by atoms with Gasteiger partial charge in [0.2, 0.25) is 17.7 Å². The van der Waals surface area contributed by atoms with Gasteiger partial charge in [-0.05, 0) is 69.9 Å². The predicted molar refractivity (Wildman–Crippen MR) is 146 cm³/mol. The molecule has 0 radical (unpaired) electrons. The third-order valence-electron chi connectivity index (χ3n) is 8.49. The average molecular weight is 528 g/mol. The van der Waals surface area contributed by atoms with E-state index in [0.717, 1.165) is 6.42 Å². The molecule has 38 heavy (non-hydrogen) atoms. The summed E-state index contributed by atoms with van der Waals surface area (Å²) in [6.45, 7) is 12.8. The molecule has 8 nitrogen and oxygen atoms in total. The van der Waals surface area contributed by atoms with Gasteiger partial charge in [-0.15, -0.1) is 0 Å². The van der Waals surface area contributed by atoms with Crippen molar-refractivity contribution in [2.45, 2.75) is 103 Å². The van der Waals surface area contributed by atoms with E-state index in [1.807, 2.05) is 51.1 Å². The first-order valence-corrected chi connectivity index (χ1v) is 14.1. The Hall–Kier alpha value is -2.45. The number of carbonyl (C=O) groups is 3. The highest BCUT2D eigenvalue weighted by molar-refractivity contribution is 6.02. The van der Waals surface area contributed by atoms with Gasteiger partial charge in [-0.3, -0.25) is 14.4 Å². The third-order valence-corrected chi connectivity index (χ3v) is 8.49. The Morgan fingerprint density at radius 1 is 1.08 bits per heavy atom. The quantitative estimate of drug-likeness (QED) is 0.400. The molecule has 3 aliphatic rings. The molecule has 1 aromatic rings. The van der Waals surface area contributed by atoms with Gasteiger partial charge >= 0.3 is 0 Å². The maximum atomic E-state index is 14.1. The second-order valence-electron chi connectivity index (χ2n) is 13.3. The summed E-state index contributed by atoms with van der Waals surface area (Å²) in [5, 5.41) is 15.6. The number of fused-ring (bicyclic) bond motifs is 1. The lowest BCUT2D eigenvalue weighted by Crippen LogP contribution is -2.59. The number of nitrogens with one attached hydrogen (secondary N) is 2. The van der Waals surface area contributed by atoms with Crippen LogP contribution >= 0.6 is 0 Å². The monoisotopic (exact) mass is 527 g/mol. The second kappa shape index (κ2) is 10.3. The van der Waals surface area contributed by atoms with Crippen LogP contribution in [-0.4, -0.2) is 63.7 Å². The minimum Gasteiger partial charge on any atom is -0.396 e. The Kier molecular flexibility index (Phi) is 7.71. The van der Waals surface area contributed by atoms with Crippen LogP contribution in [0.5, 0.6) is 0 Å². The summed E-state index contributed by atoms with van der Waals surface area (Å²) in [7, 11) is 0. The summed E-state index contributed by atoms with van der Waals surface area (Å²) in [4.78, 5) is 43.6. The topological polar surface area (TPSA) is 108 Å². The first kappa shape index (κ1) is 28.6. The molecule has 3 aliphatic heterocycles.